The van der Waals surface area contributed by atoms with Crippen LogP contribution in [0.15, 0.2) is 24.3 Å². The van der Waals surface area contributed by atoms with E-state index in [4.69, 9.17) is 12.2 Å². The first-order chi connectivity index (χ1) is 9.02. The molecule has 3 N–H and O–H groups in total. The molecule has 0 bridgehead atoms. The zero-order chi connectivity index (χ0) is 14.0. The van der Waals surface area contributed by atoms with Gasteiger partial charge in [0.25, 0.3) is 0 Å². The van der Waals surface area contributed by atoms with Crippen LogP contribution >= 0.6 is 12.2 Å². The Morgan fingerprint density at radius 3 is 2.35 bits per heavy atom. The van der Waals surface area contributed by atoms with Gasteiger partial charge >= 0.3 is 0 Å². The zero-order valence-electron chi connectivity index (χ0n) is 11.8. The van der Waals surface area contributed by atoms with Gasteiger partial charge in [0, 0.05) is 71.2 Å². The largest absolute Gasteiger partial charge is 0.378 e. The SMILES string of the molecule is CN(C)c1ccc(C2NC(=S)NC(O)C2C#N)cc1.[K]. The summed E-state index contributed by atoms with van der Waals surface area (Å²) in [6, 6.07) is 9.65. The molecule has 1 heterocycles. The van der Waals surface area contributed by atoms with Crippen LogP contribution in [0.2, 0.25) is 0 Å². The van der Waals surface area contributed by atoms with Crippen molar-refractivity contribution in [3.8, 4) is 6.07 Å². The predicted molar refractivity (Wildman–Crippen MR) is 83.2 cm³/mol. The molecule has 0 aliphatic carbocycles. The molecule has 20 heavy (non-hydrogen) atoms. The van der Waals surface area contributed by atoms with Gasteiger partial charge in [-0.25, -0.2) is 0 Å². The number of rotatable bonds is 2. The Labute approximate surface area is 166 Å². The molecule has 1 saturated heterocycles. The van der Waals surface area contributed by atoms with Gasteiger partial charge in [-0.1, -0.05) is 12.1 Å². The summed E-state index contributed by atoms with van der Waals surface area (Å²) in [5, 5.41) is 25.1. The minimum atomic E-state index is -0.947. The van der Waals surface area contributed by atoms with Crippen LogP contribution in [-0.2, 0) is 0 Å². The first-order valence-electron chi connectivity index (χ1n) is 5.95. The fourth-order valence-electron chi connectivity index (χ4n) is 2.09. The molecule has 1 aliphatic rings. The maximum absolute atomic E-state index is 9.84. The van der Waals surface area contributed by atoms with Crippen molar-refractivity contribution in [2.75, 3.05) is 19.0 Å². The van der Waals surface area contributed by atoms with Crippen molar-refractivity contribution in [2.45, 2.75) is 12.3 Å². The Kier molecular flexibility index (Phi) is 6.88. The van der Waals surface area contributed by atoms with E-state index in [1.54, 1.807) is 0 Å². The van der Waals surface area contributed by atoms with Gasteiger partial charge in [-0.15, -0.1) is 0 Å². The van der Waals surface area contributed by atoms with Gasteiger partial charge in [-0.3, -0.25) is 0 Å². The van der Waals surface area contributed by atoms with Crippen molar-refractivity contribution < 1.29 is 5.11 Å². The molecule has 0 saturated carbocycles. The van der Waals surface area contributed by atoms with Gasteiger partial charge in [0.05, 0.1) is 12.1 Å². The van der Waals surface area contributed by atoms with Crippen LogP contribution in [0.1, 0.15) is 11.6 Å². The number of benzene rings is 1. The monoisotopic (exact) mass is 315 g/mol. The Morgan fingerprint density at radius 2 is 1.85 bits per heavy atom. The Hall–Kier alpha value is -0.204. The summed E-state index contributed by atoms with van der Waals surface area (Å²) >= 11 is 5.03. The van der Waals surface area contributed by atoms with Gasteiger partial charge in [-0.05, 0) is 29.9 Å². The van der Waals surface area contributed by atoms with Gasteiger partial charge in [0.1, 0.15) is 12.1 Å². The third-order valence-electron chi connectivity index (χ3n) is 3.18. The Balaban J connectivity index is 0.00000200. The summed E-state index contributed by atoms with van der Waals surface area (Å²) in [7, 11) is 3.93. The molecule has 7 heteroatoms. The first kappa shape index (κ1) is 17.8. The molecule has 1 aromatic rings. The molecule has 0 spiro atoms. The number of hydrogen-bond donors (Lipinski definition) is 3. The van der Waals surface area contributed by atoms with E-state index in [-0.39, 0.29) is 57.4 Å². The summed E-state index contributed by atoms with van der Waals surface area (Å²) in [6.45, 7) is 0. The summed E-state index contributed by atoms with van der Waals surface area (Å²) in [6.07, 6.45) is -0.947. The zero-order valence-corrected chi connectivity index (χ0v) is 15.7. The minimum Gasteiger partial charge on any atom is -0.378 e. The molecular weight excluding hydrogens is 299 g/mol. The number of thiocarbonyl (C=S) groups is 1. The van der Waals surface area contributed by atoms with Crippen molar-refractivity contribution in [1.82, 2.24) is 10.6 Å². The topological polar surface area (TPSA) is 71.3 Å². The van der Waals surface area contributed by atoms with Gasteiger partial charge in [-0.2, -0.15) is 5.26 Å². The van der Waals surface area contributed by atoms with Crippen molar-refractivity contribution in [2.24, 2.45) is 5.92 Å². The van der Waals surface area contributed by atoms with Gasteiger partial charge < -0.3 is 20.6 Å². The second-order valence-electron chi connectivity index (χ2n) is 4.68. The summed E-state index contributed by atoms with van der Waals surface area (Å²) in [5.74, 6) is -0.586. The molecule has 3 unspecified atom stereocenters. The van der Waals surface area contributed by atoms with Crippen LogP contribution in [0.25, 0.3) is 0 Å². The van der Waals surface area contributed by atoms with Crippen LogP contribution in [0.4, 0.5) is 5.69 Å². The van der Waals surface area contributed by atoms with E-state index < -0.39 is 12.1 Å². The predicted octanol–water partition coefficient (Wildman–Crippen LogP) is 0.349. The van der Waals surface area contributed by atoms with Crippen molar-refractivity contribution in [3.05, 3.63) is 29.8 Å². The van der Waals surface area contributed by atoms with E-state index in [1.165, 1.54) is 0 Å². The number of aliphatic hydroxyl groups excluding tert-OH is 1. The fraction of sp³-hybridized carbons (Fsp3) is 0.385. The molecule has 1 fully saturated rings. The molecular formula is C13H16KN4OS. The standard InChI is InChI=1S/C13H16N4OS.K/c1-17(2)9-5-3-8(4-6-9)11-10(7-14)12(18)16-13(19)15-11;/h3-6,10-12,18H,1-2H3,(H2,15,16,19);. The van der Waals surface area contributed by atoms with Crippen LogP contribution in [-0.4, -0.2) is 81.9 Å². The van der Waals surface area contributed by atoms with Crippen molar-refractivity contribution in [3.63, 3.8) is 0 Å². The molecule has 0 aromatic heterocycles. The molecule has 101 valence electrons. The molecule has 2 rings (SSSR count). The number of aliphatic hydroxyl groups is 1. The second-order valence-corrected chi connectivity index (χ2v) is 5.09. The minimum absolute atomic E-state index is 0. The molecule has 1 aliphatic heterocycles. The quantitative estimate of drug-likeness (QED) is 0.540. The van der Waals surface area contributed by atoms with Crippen molar-refractivity contribution in [1.29, 1.82) is 5.26 Å². The number of nitrogens with one attached hydrogen (secondary N) is 2. The molecule has 1 aromatic carbocycles. The third kappa shape index (κ3) is 3.92. The average Bonchev–Trinajstić information content (AvgIpc) is 2.38. The Bertz CT molecular complexity index is 514. The number of anilines is 1. The van der Waals surface area contributed by atoms with Gasteiger partial charge in [0.15, 0.2) is 5.11 Å². The van der Waals surface area contributed by atoms with E-state index in [1.807, 2.05) is 43.3 Å². The second kappa shape index (κ2) is 7.70. The third-order valence-corrected chi connectivity index (χ3v) is 3.42. The summed E-state index contributed by atoms with van der Waals surface area (Å²) in [4.78, 5) is 2.00. The smallest absolute Gasteiger partial charge is 0.168 e. The van der Waals surface area contributed by atoms with E-state index in [9.17, 15) is 10.4 Å². The van der Waals surface area contributed by atoms with E-state index in [0.717, 1.165) is 11.3 Å². The number of hydrogen-bond acceptors (Lipinski definition) is 4. The fourth-order valence-corrected chi connectivity index (χ4v) is 2.34. The number of nitrogens with zero attached hydrogens (tertiary/aromatic N) is 2. The van der Waals surface area contributed by atoms with Crippen LogP contribution in [0.5, 0.6) is 0 Å². The Morgan fingerprint density at radius 1 is 1.25 bits per heavy atom. The molecule has 3 atom stereocenters. The van der Waals surface area contributed by atoms with Crippen molar-refractivity contribution >= 4 is 74.4 Å². The molecule has 0 amide bonds. The van der Waals surface area contributed by atoms with Crippen LogP contribution in [0, 0.1) is 17.2 Å². The van der Waals surface area contributed by atoms with E-state index >= 15 is 0 Å². The maximum Gasteiger partial charge on any atom is 0.168 e. The molecule has 1 radical (unpaired) electrons. The summed E-state index contributed by atoms with van der Waals surface area (Å²) < 4.78 is 0. The van der Waals surface area contributed by atoms with Gasteiger partial charge in [0.2, 0.25) is 0 Å². The van der Waals surface area contributed by atoms with E-state index in [0.29, 0.717) is 5.11 Å². The average molecular weight is 315 g/mol. The van der Waals surface area contributed by atoms with Crippen LogP contribution in [0.3, 0.4) is 0 Å². The molecule has 5 nitrogen and oxygen atoms in total. The first-order valence-corrected chi connectivity index (χ1v) is 6.35. The number of nitriles is 1. The summed E-state index contributed by atoms with van der Waals surface area (Å²) in [5.41, 5.74) is 2.01. The van der Waals surface area contributed by atoms with E-state index in [2.05, 4.69) is 16.7 Å². The van der Waals surface area contributed by atoms with Crippen LogP contribution < -0.4 is 15.5 Å². The normalized spacial score (nSPS) is 24.7. The maximum atomic E-state index is 9.84.